The Hall–Kier alpha value is -2.90. The molecule has 1 aromatic carbocycles. The highest BCUT2D eigenvalue weighted by atomic mass is 16.6. The first-order valence-electron chi connectivity index (χ1n) is 5.26. The van der Waals surface area contributed by atoms with Crippen LogP contribution in [0.3, 0.4) is 0 Å². The number of nitrogens with one attached hydrogen (secondary N) is 1. The lowest BCUT2D eigenvalue weighted by atomic mass is 10.1. The molecule has 0 aliphatic carbocycles. The summed E-state index contributed by atoms with van der Waals surface area (Å²) in [6, 6.07) is 5.13. The molecule has 0 saturated carbocycles. The Labute approximate surface area is 107 Å². The number of aromatic carboxylic acids is 1. The van der Waals surface area contributed by atoms with Crippen molar-refractivity contribution in [1.29, 1.82) is 0 Å². The zero-order chi connectivity index (χ0) is 14.0. The fourth-order valence-corrected chi connectivity index (χ4v) is 1.56. The molecule has 0 spiro atoms. The third kappa shape index (κ3) is 2.68. The largest absolute Gasteiger partial charge is 0.478 e. The number of anilines is 2. The number of non-ortho nitro benzene ring substituents is 1. The Bertz CT molecular complexity index is 650. The van der Waals surface area contributed by atoms with Gasteiger partial charge in [0.1, 0.15) is 0 Å². The molecule has 0 aliphatic heterocycles. The van der Waals surface area contributed by atoms with Crippen LogP contribution in [0.15, 0.2) is 30.5 Å². The van der Waals surface area contributed by atoms with Gasteiger partial charge in [-0.3, -0.25) is 14.8 Å². The Balaban J connectivity index is 2.42. The number of hydrogen-bond acceptors (Lipinski definition) is 5. The van der Waals surface area contributed by atoms with Gasteiger partial charge in [-0.25, -0.2) is 4.79 Å². The fraction of sp³-hybridized carbons (Fsp3) is 0.0909. The molecule has 8 nitrogen and oxygen atoms in total. The van der Waals surface area contributed by atoms with Crippen molar-refractivity contribution in [2.45, 2.75) is 0 Å². The van der Waals surface area contributed by atoms with Gasteiger partial charge in [0.25, 0.3) is 5.69 Å². The number of aryl methyl sites for hydroxylation is 1. The Morgan fingerprint density at radius 1 is 1.47 bits per heavy atom. The molecule has 8 heteroatoms. The van der Waals surface area contributed by atoms with Crippen LogP contribution in [0.2, 0.25) is 0 Å². The fourth-order valence-electron chi connectivity index (χ4n) is 1.56. The van der Waals surface area contributed by atoms with Crippen LogP contribution in [-0.4, -0.2) is 25.8 Å². The number of aromatic nitrogens is 2. The van der Waals surface area contributed by atoms with Crippen LogP contribution < -0.4 is 5.32 Å². The van der Waals surface area contributed by atoms with E-state index in [0.29, 0.717) is 5.82 Å². The summed E-state index contributed by atoms with van der Waals surface area (Å²) in [6.45, 7) is 0. The molecule has 0 atom stereocenters. The van der Waals surface area contributed by atoms with E-state index in [1.165, 1.54) is 10.7 Å². The van der Waals surface area contributed by atoms with E-state index >= 15 is 0 Å². The van der Waals surface area contributed by atoms with Crippen molar-refractivity contribution in [2.24, 2.45) is 7.05 Å². The molecule has 0 radical (unpaired) electrons. The number of nitro benzene ring substituents is 1. The van der Waals surface area contributed by atoms with Crippen molar-refractivity contribution in [3.8, 4) is 0 Å². The highest BCUT2D eigenvalue weighted by Gasteiger charge is 2.16. The molecule has 0 unspecified atom stereocenters. The summed E-state index contributed by atoms with van der Waals surface area (Å²) in [7, 11) is 1.71. The van der Waals surface area contributed by atoms with E-state index in [1.807, 2.05) is 0 Å². The number of nitro groups is 1. The van der Waals surface area contributed by atoms with Crippen molar-refractivity contribution in [3.63, 3.8) is 0 Å². The average Bonchev–Trinajstić information content (AvgIpc) is 2.74. The summed E-state index contributed by atoms with van der Waals surface area (Å²) in [5, 5.41) is 26.5. The monoisotopic (exact) mass is 262 g/mol. The number of carbonyl (C=O) groups is 1. The van der Waals surface area contributed by atoms with E-state index in [0.717, 1.165) is 12.1 Å². The molecule has 2 rings (SSSR count). The maximum Gasteiger partial charge on any atom is 0.337 e. The summed E-state index contributed by atoms with van der Waals surface area (Å²) in [5.74, 6) is -0.765. The topological polar surface area (TPSA) is 110 Å². The quantitative estimate of drug-likeness (QED) is 0.641. The predicted molar refractivity (Wildman–Crippen MR) is 66.5 cm³/mol. The zero-order valence-corrected chi connectivity index (χ0v) is 9.90. The summed E-state index contributed by atoms with van der Waals surface area (Å²) < 4.78 is 1.53. The smallest absolute Gasteiger partial charge is 0.337 e. The van der Waals surface area contributed by atoms with Gasteiger partial charge in [0.05, 0.1) is 16.2 Å². The minimum absolute atomic E-state index is 0.0590. The van der Waals surface area contributed by atoms with E-state index < -0.39 is 10.9 Å². The normalized spacial score (nSPS) is 10.2. The molecule has 2 aromatic rings. The molecule has 1 heterocycles. The van der Waals surface area contributed by atoms with Crippen LogP contribution in [0.1, 0.15) is 10.4 Å². The summed E-state index contributed by atoms with van der Waals surface area (Å²) >= 11 is 0. The van der Waals surface area contributed by atoms with Gasteiger partial charge in [0, 0.05) is 31.4 Å². The number of nitrogens with zero attached hydrogens (tertiary/aromatic N) is 3. The van der Waals surface area contributed by atoms with Crippen molar-refractivity contribution >= 4 is 23.2 Å². The maximum absolute atomic E-state index is 11.1. The second-order valence-electron chi connectivity index (χ2n) is 3.79. The first kappa shape index (κ1) is 12.6. The molecule has 0 aliphatic rings. The van der Waals surface area contributed by atoms with E-state index in [9.17, 15) is 14.9 Å². The highest BCUT2D eigenvalue weighted by molar-refractivity contribution is 5.95. The molecule has 0 bridgehead atoms. The first-order chi connectivity index (χ1) is 8.97. The first-order valence-corrected chi connectivity index (χ1v) is 5.26. The Morgan fingerprint density at radius 3 is 2.74 bits per heavy atom. The highest BCUT2D eigenvalue weighted by Crippen LogP contribution is 2.25. The lowest BCUT2D eigenvalue weighted by Crippen LogP contribution is -2.04. The Kier molecular flexibility index (Phi) is 3.15. The average molecular weight is 262 g/mol. The third-order valence-corrected chi connectivity index (χ3v) is 2.42. The van der Waals surface area contributed by atoms with Gasteiger partial charge >= 0.3 is 5.97 Å². The molecule has 98 valence electrons. The lowest BCUT2D eigenvalue weighted by Gasteiger charge is -2.06. The van der Waals surface area contributed by atoms with E-state index in [2.05, 4.69) is 10.4 Å². The van der Waals surface area contributed by atoms with Crippen molar-refractivity contribution in [3.05, 3.63) is 46.1 Å². The minimum atomic E-state index is -1.17. The zero-order valence-electron chi connectivity index (χ0n) is 9.90. The van der Waals surface area contributed by atoms with Gasteiger partial charge in [-0.05, 0) is 6.07 Å². The number of carboxylic acid groups (broad SMARTS) is 1. The van der Waals surface area contributed by atoms with Crippen LogP contribution in [-0.2, 0) is 7.05 Å². The second-order valence-corrected chi connectivity index (χ2v) is 3.79. The molecule has 0 fully saturated rings. The van der Waals surface area contributed by atoms with Crippen molar-refractivity contribution < 1.29 is 14.8 Å². The van der Waals surface area contributed by atoms with Crippen LogP contribution in [0.25, 0.3) is 0 Å². The molecule has 2 N–H and O–H groups in total. The van der Waals surface area contributed by atoms with Gasteiger partial charge in [-0.1, -0.05) is 0 Å². The van der Waals surface area contributed by atoms with Crippen LogP contribution in [0.5, 0.6) is 0 Å². The third-order valence-electron chi connectivity index (χ3n) is 2.42. The molecule has 1 aromatic heterocycles. The van der Waals surface area contributed by atoms with Crippen LogP contribution >= 0.6 is 0 Å². The molecule has 19 heavy (non-hydrogen) atoms. The lowest BCUT2D eigenvalue weighted by molar-refractivity contribution is -0.384. The molecule has 0 saturated heterocycles. The maximum atomic E-state index is 11.1. The predicted octanol–water partition coefficient (Wildman–Crippen LogP) is 1.77. The molecular weight excluding hydrogens is 252 g/mol. The van der Waals surface area contributed by atoms with Gasteiger partial charge in [-0.15, -0.1) is 0 Å². The van der Waals surface area contributed by atoms with Gasteiger partial charge in [0.2, 0.25) is 0 Å². The van der Waals surface area contributed by atoms with E-state index in [1.54, 1.807) is 19.3 Å². The summed E-state index contributed by atoms with van der Waals surface area (Å²) in [5.41, 5.74) is -0.125. The standard InChI is InChI=1S/C11H10N4O4/c1-14-5-4-10(13-14)12-9-6-7(15(18)19)2-3-8(9)11(16)17/h2-6H,1H3,(H,12,13)(H,16,17). The van der Waals surface area contributed by atoms with Gasteiger partial charge in [-0.2, -0.15) is 5.10 Å². The summed E-state index contributed by atoms with van der Waals surface area (Å²) in [6.07, 6.45) is 1.67. The molecule has 0 amide bonds. The number of carboxylic acids is 1. The van der Waals surface area contributed by atoms with E-state index in [4.69, 9.17) is 5.11 Å². The van der Waals surface area contributed by atoms with Gasteiger partial charge < -0.3 is 10.4 Å². The van der Waals surface area contributed by atoms with Gasteiger partial charge in [0.15, 0.2) is 5.82 Å². The van der Waals surface area contributed by atoms with Crippen molar-refractivity contribution in [1.82, 2.24) is 9.78 Å². The van der Waals surface area contributed by atoms with E-state index in [-0.39, 0.29) is 16.9 Å². The second kappa shape index (κ2) is 4.77. The number of hydrogen-bond donors (Lipinski definition) is 2. The SMILES string of the molecule is Cn1ccc(Nc2cc([N+](=O)[O-])ccc2C(=O)O)n1. The van der Waals surface area contributed by atoms with Crippen molar-refractivity contribution in [2.75, 3.05) is 5.32 Å². The number of rotatable bonds is 4. The summed E-state index contributed by atoms with van der Waals surface area (Å²) in [4.78, 5) is 21.2. The minimum Gasteiger partial charge on any atom is -0.478 e. The number of benzene rings is 1. The molecular formula is C11H10N4O4. The van der Waals surface area contributed by atoms with Crippen LogP contribution in [0, 0.1) is 10.1 Å². The van der Waals surface area contributed by atoms with Crippen LogP contribution in [0.4, 0.5) is 17.2 Å². The Morgan fingerprint density at radius 2 is 2.21 bits per heavy atom.